The Kier molecular flexibility index (Phi) is 9.03. The first kappa shape index (κ1) is 30.6. The van der Waals surface area contributed by atoms with E-state index in [1.54, 1.807) is 30.3 Å². The molecule has 3 aliphatic rings. The number of piperidine rings is 1. The van der Waals surface area contributed by atoms with Crippen molar-refractivity contribution in [2.45, 2.75) is 82.0 Å². The Labute approximate surface area is 249 Å². The number of sulfonamides is 1. The van der Waals surface area contributed by atoms with Gasteiger partial charge in [0, 0.05) is 37.4 Å². The van der Waals surface area contributed by atoms with Crippen LogP contribution in [0.4, 0.5) is 5.69 Å². The largest absolute Gasteiger partial charge is 0.454 e. The highest BCUT2D eigenvalue weighted by molar-refractivity contribution is 7.89. The smallest absolute Gasteiger partial charge is 0.243 e. The highest BCUT2D eigenvalue weighted by Crippen LogP contribution is 2.39. The SMILES string of the molecule is CC(C)(C)NC(=O)[C@@H]1C[C@@H]2CCCC[C@@H]2CN1C[C@@H](O)CN(Cc1ccc2c(c1)OCO2)S(=O)(=O)c1ccc(N)cc1. The number of aliphatic hydroxyl groups excluding tert-OH is 1. The zero-order valence-corrected chi connectivity index (χ0v) is 25.6. The molecule has 42 heavy (non-hydrogen) atoms. The number of likely N-dealkylation sites (tertiary alicyclic amines) is 1. The van der Waals surface area contributed by atoms with Gasteiger partial charge in [0.15, 0.2) is 11.5 Å². The summed E-state index contributed by atoms with van der Waals surface area (Å²) in [7, 11) is -3.99. The molecule has 4 atom stereocenters. The van der Waals surface area contributed by atoms with Crippen LogP contribution in [0.2, 0.25) is 0 Å². The number of nitrogens with one attached hydrogen (secondary N) is 1. The van der Waals surface area contributed by atoms with E-state index in [2.05, 4.69) is 10.2 Å². The van der Waals surface area contributed by atoms with Gasteiger partial charge in [0.05, 0.1) is 17.0 Å². The van der Waals surface area contributed by atoms with Gasteiger partial charge in [0.2, 0.25) is 22.7 Å². The molecule has 0 unspecified atom stereocenters. The van der Waals surface area contributed by atoms with Gasteiger partial charge in [0.25, 0.3) is 0 Å². The maximum absolute atomic E-state index is 13.9. The molecular formula is C31H44N4O6S. The summed E-state index contributed by atoms with van der Waals surface area (Å²) in [5, 5.41) is 14.6. The van der Waals surface area contributed by atoms with E-state index in [0.717, 1.165) is 25.8 Å². The van der Waals surface area contributed by atoms with Crippen molar-refractivity contribution in [2.75, 3.05) is 32.2 Å². The Balaban J connectivity index is 1.37. The third-order valence-electron chi connectivity index (χ3n) is 8.48. The number of rotatable bonds is 9. The summed E-state index contributed by atoms with van der Waals surface area (Å²) in [6.07, 6.45) is 4.35. The topological polar surface area (TPSA) is 134 Å². The van der Waals surface area contributed by atoms with Crippen LogP contribution in [0.25, 0.3) is 0 Å². The molecule has 1 aliphatic carbocycles. The number of β-amino-alcohol motifs (C(OH)–C–C–N with tert-alkyl or cyclic N) is 1. The van der Waals surface area contributed by atoms with Gasteiger partial charge in [-0.25, -0.2) is 8.42 Å². The number of nitrogens with two attached hydrogens (primary N) is 1. The predicted octanol–water partition coefficient (Wildman–Crippen LogP) is 3.34. The summed E-state index contributed by atoms with van der Waals surface area (Å²) in [5.41, 5.74) is 6.61. The van der Waals surface area contributed by atoms with Crippen molar-refractivity contribution in [3.8, 4) is 11.5 Å². The van der Waals surface area contributed by atoms with Crippen molar-refractivity contribution in [3.05, 3.63) is 48.0 Å². The minimum absolute atomic E-state index is 0.0268. The molecule has 4 N–H and O–H groups in total. The summed E-state index contributed by atoms with van der Waals surface area (Å²) in [5.74, 6) is 2.10. The molecule has 230 valence electrons. The van der Waals surface area contributed by atoms with Crippen LogP contribution >= 0.6 is 0 Å². The normalized spacial score (nSPS) is 23.4. The third-order valence-corrected chi connectivity index (χ3v) is 10.3. The lowest BCUT2D eigenvalue weighted by atomic mass is 9.72. The molecule has 2 aromatic rings. The summed E-state index contributed by atoms with van der Waals surface area (Å²) in [6, 6.07) is 11.0. The number of fused-ring (bicyclic) bond motifs is 2. The van der Waals surface area contributed by atoms with Crippen molar-refractivity contribution in [1.82, 2.24) is 14.5 Å². The van der Waals surface area contributed by atoms with Crippen LogP contribution in [0.5, 0.6) is 11.5 Å². The monoisotopic (exact) mass is 600 g/mol. The van der Waals surface area contributed by atoms with Crippen molar-refractivity contribution < 1.29 is 27.8 Å². The number of hydrogen-bond donors (Lipinski definition) is 3. The van der Waals surface area contributed by atoms with Gasteiger partial charge in [-0.1, -0.05) is 25.3 Å². The molecule has 10 nitrogen and oxygen atoms in total. The van der Waals surface area contributed by atoms with Crippen LogP contribution in [0.3, 0.4) is 0 Å². The number of amides is 1. The Bertz CT molecular complexity index is 1360. The molecule has 2 aliphatic heterocycles. The second-order valence-electron chi connectivity index (χ2n) is 13.0. The van der Waals surface area contributed by atoms with E-state index in [1.165, 1.54) is 29.3 Å². The minimum atomic E-state index is -3.99. The van der Waals surface area contributed by atoms with Gasteiger partial charge in [-0.15, -0.1) is 0 Å². The van der Waals surface area contributed by atoms with Gasteiger partial charge in [-0.2, -0.15) is 4.31 Å². The van der Waals surface area contributed by atoms with E-state index >= 15 is 0 Å². The highest BCUT2D eigenvalue weighted by Gasteiger charge is 2.41. The molecule has 1 amide bonds. The summed E-state index contributed by atoms with van der Waals surface area (Å²) < 4.78 is 39.9. The number of nitrogens with zero attached hydrogens (tertiary/aromatic N) is 2. The molecule has 0 radical (unpaired) electrons. The van der Waals surface area contributed by atoms with Crippen LogP contribution in [0.1, 0.15) is 58.4 Å². The minimum Gasteiger partial charge on any atom is -0.454 e. The standard InChI is InChI=1S/C31H44N4O6S/c1-31(2,3)33-30(37)27-15-22-6-4-5-7-23(22)17-34(27)18-25(36)19-35(42(38,39)26-11-9-24(32)10-12-26)16-21-8-13-28-29(14-21)41-20-40-28/h8-14,22-23,25,27,36H,4-7,15-20,32H2,1-3H3,(H,33,37)/t22-,23+,25+,27-/m0/s1. The Morgan fingerprint density at radius 3 is 2.50 bits per heavy atom. The van der Waals surface area contributed by atoms with Crippen molar-refractivity contribution >= 4 is 21.6 Å². The zero-order chi connectivity index (χ0) is 30.1. The lowest BCUT2D eigenvalue weighted by molar-refractivity contribution is -0.132. The van der Waals surface area contributed by atoms with Crippen LogP contribution in [-0.2, 0) is 21.4 Å². The van der Waals surface area contributed by atoms with Crippen molar-refractivity contribution in [1.29, 1.82) is 0 Å². The third kappa shape index (κ3) is 7.19. The first-order valence-electron chi connectivity index (χ1n) is 14.9. The quantitative estimate of drug-likeness (QED) is 0.373. The van der Waals surface area contributed by atoms with Crippen molar-refractivity contribution in [2.24, 2.45) is 11.8 Å². The van der Waals surface area contributed by atoms with Crippen LogP contribution in [-0.4, -0.2) is 72.7 Å². The molecule has 1 saturated heterocycles. The highest BCUT2D eigenvalue weighted by atomic mass is 32.2. The lowest BCUT2D eigenvalue weighted by Crippen LogP contribution is -2.59. The van der Waals surface area contributed by atoms with Crippen molar-refractivity contribution in [3.63, 3.8) is 0 Å². The van der Waals surface area contributed by atoms with E-state index in [9.17, 15) is 18.3 Å². The number of benzene rings is 2. The van der Waals surface area contributed by atoms with Gasteiger partial charge in [0.1, 0.15) is 0 Å². The number of carbonyl (C=O) groups is 1. The molecule has 5 rings (SSSR count). The molecule has 11 heteroatoms. The molecule has 1 saturated carbocycles. The first-order valence-corrected chi connectivity index (χ1v) is 16.3. The maximum Gasteiger partial charge on any atom is 0.243 e. The number of hydrogen-bond acceptors (Lipinski definition) is 8. The van der Waals surface area contributed by atoms with Gasteiger partial charge >= 0.3 is 0 Å². The fourth-order valence-electron chi connectivity index (χ4n) is 6.47. The predicted molar refractivity (Wildman–Crippen MR) is 160 cm³/mol. The zero-order valence-electron chi connectivity index (χ0n) is 24.8. The Hall–Kier alpha value is -2.86. The molecule has 2 aromatic carbocycles. The Morgan fingerprint density at radius 2 is 1.79 bits per heavy atom. The molecule has 0 spiro atoms. The second kappa shape index (κ2) is 12.4. The summed E-state index contributed by atoms with van der Waals surface area (Å²) >= 11 is 0. The number of anilines is 1. The van der Waals surface area contributed by atoms with Crippen LogP contribution in [0, 0.1) is 11.8 Å². The number of carbonyl (C=O) groups excluding carboxylic acids is 1. The lowest BCUT2D eigenvalue weighted by Gasteiger charge is -2.46. The molecular weight excluding hydrogens is 556 g/mol. The fourth-order valence-corrected chi connectivity index (χ4v) is 7.94. The van der Waals surface area contributed by atoms with E-state index < -0.39 is 16.1 Å². The van der Waals surface area contributed by atoms with E-state index in [1.807, 2.05) is 20.8 Å². The summed E-state index contributed by atoms with van der Waals surface area (Å²) in [4.78, 5) is 15.6. The molecule has 0 bridgehead atoms. The van der Waals surface area contributed by atoms with E-state index in [-0.39, 0.29) is 48.8 Å². The van der Waals surface area contributed by atoms with Gasteiger partial charge < -0.3 is 25.6 Å². The number of ether oxygens (including phenoxy) is 2. The molecule has 0 aromatic heterocycles. The fraction of sp³-hybridized carbons (Fsp3) is 0.581. The second-order valence-corrected chi connectivity index (χ2v) is 14.9. The first-order chi connectivity index (χ1) is 19.9. The van der Waals surface area contributed by atoms with Gasteiger partial charge in [-0.3, -0.25) is 9.69 Å². The van der Waals surface area contributed by atoms with Crippen LogP contribution < -0.4 is 20.5 Å². The van der Waals surface area contributed by atoms with Crippen LogP contribution in [0.15, 0.2) is 47.4 Å². The number of nitrogen functional groups attached to an aromatic ring is 1. The van der Waals surface area contributed by atoms with E-state index in [4.69, 9.17) is 15.2 Å². The van der Waals surface area contributed by atoms with Gasteiger partial charge in [-0.05, 0) is 87.4 Å². The maximum atomic E-state index is 13.9. The molecule has 2 heterocycles. The average Bonchev–Trinajstić information content (AvgIpc) is 3.39. The Morgan fingerprint density at radius 1 is 1.10 bits per heavy atom. The molecule has 2 fully saturated rings. The average molecular weight is 601 g/mol. The number of aliphatic hydroxyl groups is 1. The van der Waals surface area contributed by atoms with E-state index in [0.29, 0.717) is 34.6 Å². The summed E-state index contributed by atoms with van der Waals surface area (Å²) in [6.45, 7) is 6.81.